The lowest BCUT2D eigenvalue weighted by Gasteiger charge is -2.23. The summed E-state index contributed by atoms with van der Waals surface area (Å²) in [6.07, 6.45) is 3.28. The standard InChI is InChI=1S/C13H18N2O/c1-2-12-7-4-8-15(12)13(16)10-5-3-6-11(14)9-10/h3,5-6,9,12H,2,4,7-8,14H2,1H3. The highest BCUT2D eigenvalue weighted by Gasteiger charge is 2.27. The lowest BCUT2D eigenvalue weighted by molar-refractivity contribution is 0.0734. The molecule has 2 N–H and O–H groups in total. The van der Waals surface area contributed by atoms with Gasteiger partial charge in [0, 0.05) is 23.8 Å². The summed E-state index contributed by atoms with van der Waals surface area (Å²) in [5, 5.41) is 0. The van der Waals surface area contributed by atoms with Crippen LogP contribution in [-0.4, -0.2) is 23.4 Å². The molecule has 1 atom stereocenters. The summed E-state index contributed by atoms with van der Waals surface area (Å²) in [4.78, 5) is 14.2. The molecule has 1 saturated heterocycles. The number of anilines is 1. The number of amides is 1. The monoisotopic (exact) mass is 218 g/mol. The molecular weight excluding hydrogens is 200 g/mol. The van der Waals surface area contributed by atoms with Crippen molar-refractivity contribution in [2.45, 2.75) is 32.2 Å². The van der Waals surface area contributed by atoms with Gasteiger partial charge in [0.25, 0.3) is 5.91 Å². The van der Waals surface area contributed by atoms with Crippen LogP contribution in [0.15, 0.2) is 24.3 Å². The van der Waals surface area contributed by atoms with Crippen molar-refractivity contribution in [2.24, 2.45) is 0 Å². The smallest absolute Gasteiger partial charge is 0.254 e. The van der Waals surface area contributed by atoms with E-state index in [1.54, 1.807) is 12.1 Å². The third kappa shape index (κ3) is 2.03. The van der Waals surface area contributed by atoms with E-state index in [-0.39, 0.29) is 5.91 Å². The first kappa shape index (κ1) is 11.0. The first-order valence-corrected chi connectivity index (χ1v) is 5.89. The van der Waals surface area contributed by atoms with E-state index in [9.17, 15) is 4.79 Å². The molecule has 86 valence electrons. The molecule has 3 nitrogen and oxygen atoms in total. The van der Waals surface area contributed by atoms with Crippen molar-refractivity contribution in [3.05, 3.63) is 29.8 Å². The summed E-state index contributed by atoms with van der Waals surface area (Å²) in [6.45, 7) is 3.02. The van der Waals surface area contributed by atoms with E-state index in [0.29, 0.717) is 17.3 Å². The first-order chi connectivity index (χ1) is 7.72. The average molecular weight is 218 g/mol. The molecule has 3 heteroatoms. The molecule has 1 heterocycles. The van der Waals surface area contributed by atoms with Crippen molar-refractivity contribution in [3.63, 3.8) is 0 Å². The molecule has 0 radical (unpaired) electrons. The van der Waals surface area contributed by atoms with Gasteiger partial charge in [0.15, 0.2) is 0 Å². The maximum atomic E-state index is 12.2. The van der Waals surface area contributed by atoms with Gasteiger partial charge in [0.2, 0.25) is 0 Å². The van der Waals surface area contributed by atoms with Crippen LogP contribution in [0, 0.1) is 0 Å². The minimum Gasteiger partial charge on any atom is -0.399 e. The minimum absolute atomic E-state index is 0.122. The summed E-state index contributed by atoms with van der Waals surface area (Å²) in [5.74, 6) is 0.122. The van der Waals surface area contributed by atoms with Gasteiger partial charge in [-0.15, -0.1) is 0 Å². The Labute approximate surface area is 96.2 Å². The molecule has 0 bridgehead atoms. The molecule has 1 aliphatic heterocycles. The van der Waals surface area contributed by atoms with E-state index in [1.165, 1.54) is 0 Å². The van der Waals surface area contributed by atoms with E-state index in [0.717, 1.165) is 25.8 Å². The number of likely N-dealkylation sites (tertiary alicyclic amines) is 1. The van der Waals surface area contributed by atoms with Crippen LogP contribution in [0.5, 0.6) is 0 Å². The zero-order valence-corrected chi connectivity index (χ0v) is 9.65. The van der Waals surface area contributed by atoms with Gasteiger partial charge >= 0.3 is 0 Å². The van der Waals surface area contributed by atoms with Crippen molar-refractivity contribution in [1.82, 2.24) is 4.90 Å². The lowest BCUT2D eigenvalue weighted by Crippen LogP contribution is -2.35. The van der Waals surface area contributed by atoms with E-state index in [2.05, 4.69) is 6.92 Å². The Morgan fingerprint density at radius 1 is 1.56 bits per heavy atom. The summed E-state index contributed by atoms with van der Waals surface area (Å²) in [6, 6.07) is 7.64. The van der Waals surface area contributed by atoms with Gasteiger partial charge in [-0.1, -0.05) is 13.0 Å². The van der Waals surface area contributed by atoms with Crippen molar-refractivity contribution >= 4 is 11.6 Å². The number of benzene rings is 1. The molecule has 1 aliphatic rings. The highest BCUT2D eigenvalue weighted by molar-refractivity contribution is 5.95. The molecule has 1 fully saturated rings. The maximum absolute atomic E-state index is 12.2. The van der Waals surface area contributed by atoms with Crippen LogP contribution in [0.2, 0.25) is 0 Å². The first-order valence-electron chi connectivity index (χ1n) is 5.89. The molecule has 2 rings (SSSR count). The van der Waals surface area contributed by atoms with Crippen LogP contribution >= 0.6 is 0 Å². The number of hydrogen-bond acceptors (Lipinski definition) is 2. The van der Waals surface area contributed by atoms with Crippen LogP contribution in [0.25, 0.3) is 0 Å². The fourth-order valence-corrected chi connectivity index (χ4v) is 2.37. The Morgan fingerprint density at radius 2 is 2.38 bits per heavy atom. The Hall–Kier alpha value is -1.51. The van der Waals surface area contributed by atoms with Gasteiger partial charge in [-0.3, -0.25) is 4.79 Å². The quantitative estimate of drug-likeness (QED) is 0.774. The summed E-state index contributed by atoms with van der Waals surface area (Å²) in [5.41, 5.74) is 7.05. The fraction of sp³-hybridized carbons (Fsp3) is 0.462. The zero-order valence-electron chi connectivity index (χ0n) is 9.65. The van der Waals surface area contributed by atoms with Gasteiger partial charge in [-0.05, 0) is 37.5 Å². The van der Waals surface area contributed by atoms with Crippen LogP contribution in [0.4, 0.5) is 5.69 Å². The Kier molecular flexibility index (Phi) is 3.13. The maximum Gasteiger partial charge on any atom is 0.254 e. The second kappa shape index (κ2) is 4.56. The Balaban J connectivity index is 2.18. The number of nitrogens with zero attached hydrogens (tertiary/aromatic N) is 1. The van der Waals surface area contributed by atoms with Crippen LogP contribution in [0.1, 0.15) is 36.5 Å². The van der Waals surface area contributed by atoms with E-state index in [4.69, 9.17) is 5.73 Å². The predicted molar refractivity (Wildman–Crippen MR) is 65.2 cm³/mol. The second-order valence-corrected chi connectivity index (χ2v) is 4.33. The molecule has 0 spiro atoms. The van der Waals surface area contributed by atoms with Gasteiger partial charge < -0.3 is 10.6 Å². The van der Waals surface area contributed by atoms with Crippen molar-refractivity contribution in [2.75, 3.05) is 12.3 Å². The van der Waals surface area contributed by atoms with Crippen LogP contribution in [-0.2, 0) is 0 Å². The van der Waals surface area contributed by atoms with Crippen molar-refractivity contribution in [3.8, 4) is 0 Å². The number of hydrogen-bond donors (Lipinski definition) is 1. The molecule has 0 aromatic heterocycles. The lowest BCUT2D eigenvalue weighted by atomic mass is 10.1. The molecule has 1 unspecified atom stereocenters. The minimum atomic E-state index is 0.122. The molecule has 16 heavy (non-hydrogen) atoms. The third-order valence-electron chi connectivity index (χ3n) is 3.24. The highest BCUT2D eigenvalue weighted by atomic mass is 16.2. The average Bonchev–Trinajstić information content (AvgIpc) is 2.76. The normalized spacial score (nSPS) is 20.1. The fourth-order valence-electron chi connectivity index (χ4n) is 2.37. The third-order valence-corrected chi connectivity index (χ3v) is 3.24. The Morgan fingerprint density at radius 3 is 3.06 bits per heavy atom. The summed E-state index contributed by atoms with van der Waals surface area (Å²) < 4.78 is 0. The highest BCUT2D eigenvalue weighted by Crippen LogP contribution is 2.22. The number of carbonyl (C=O) groups is 1. The summed E-state index contributed by atoms with van der Waals surface area (Å²) >= 11 is 0. The van der Waals surface area contributed by atoms with Crippen LogP contribution in [0.3, 0.4) is 0 Å². The number of nitrogens with two attached hydrogens (primary N) is 1. The summed E-state index contributed by atoms with van der Waals surface area (Å²) in [7, 11) is 0. The molecule has 1 aromatic rings. The van der Waals surface area contributed by atoms with E-state index in [1.807, 2.05) is 17.0 Å². The second-order valence-electron chi connectivity index (χ2n) is 4.33. The zero-order chi connectivity index (χ0) is 11.5. The largest absolute Gasteiger partial charge is 0.399 e. The topological polar surface area (TPSA) is 46.3 Å². The number of rotatable bonds is 2. The van der Waals surface area contributed by atoms with Gasteiger partial charge in [-0.2, -0.15) is 0 Å². The predicted octanol–water partition coefficient (Wildman–Crippen LogP) is 2.28. The molecule has 1 aromatic carbocycles. The van der Waals surface area contributed by atoms with E-state index >= 15 is 0 Å². The molecule has 1 amide bonds. The van der Waals surface area contributed by atoms with Gasteiger partial charge in [0.1, 0.15) is 0 Å². The number of nitrogen functional groups attached to an aromatic ring is 1. The van der Waals surface area contributed by atoms with Gasteiger partial charge in [0.05, 0.1) is 0 Å². The van der Waals surface area contributed by atoms with Gasteiger partial charge in [-0.25, -0.2) is 0 Å². The molecular formula is C13H18N2O. The van der Waals surface area contributed by atoms with Crippen LogP contribution < -0.4 is 5.73 Å². The van der Waals surface area contributed by atoms with E-state index < -0.39 is 0 Å². The van der Waals surface area contributed by atoms with Crippen molar-refractivity contribution in [1.29, 1.82) is 0 Å². The SMILES string of the molecule is CCC1CCCN1C(=O)c1cccc(N)c1. The Bertz CT molecular complexity index is 389. The number of carbonyl (C=O) groups excluding carboxylic acids is 1. The molecule has 0 aliphatic carbocycles. The van der Waals surface area contributed by atoms with Crippen molar-refractivity contribution < 1.29 is 4.79 Å². The molecule has 0 saturated carbocycles.